The number of hydrogen-bond acceptors (Lipinski definition) is 4. The molecule has 0 bridgehead atoms. The third-order valence-electron chi connectivity index (χ3n) is 4.11. The van der Waals surface area contributed by atoms with Crippen LogP contribution in [0.4, 0.5) is 5.69 Å². The van der Waals surface area contributed by atoms with E-state index in [2.05, 4.69) is 27.7 Å². The number of benzene rings is 1. The Bertz CT molecular complexity index is 651. The Morgan fingerprint density at radius 1 is 1.38 bits per heavy atom. The smallest absolute Gasteiger partial charge is 0.238 e. The Morgan fingerprint density at radius 3 is 3.00 bits per heavy atom. The summed E-state index contributed by atoms with van der Waals surface area (Å²) in [6, 6.07) is 12.1. The number of nitrogens with one attached hydrogen (secondary N) is 1. The summed E-state index contributed by atoms with van der Waals surface area (Å²) in [7, 11) is 0. The Kier molecular flexibility index (Phi) is 6.01. The van der Waals surface area contributed by atoms with Gasteiger partial charge in [0, 0.05) is 30.3 Å². The van der Waals surface area contributed by atoms with Crippen LogP contribution in [0.25, 0.3) is 0 Å². The van der Waals surface area contributed by atoms with Crippen LogP contribution < -0.4 is 5.32 Å². The van der Waals surface area contributed by atoms with Crippen LogP contribution in [0, 0.1) is 6.92 Å². The molecule has 1 saturated heterocycles. The van der Waals surface area contributed by atoms with Crippen molar-refractivity contribution in [1.29, 1.82) is 0 Å². The Morgan fingerprint density at radius 2 is 2.29 bits per heavy atom. The van der Waals surface area contributed by atoms with Crippen LogP contribution in [0.5, 0.6) is 0 Å². The zero-order valence-corrected chi connectivity index (χ0v) is 14.8. The molecule has 2 heterocycles. The normalized spacial score (nSPS) is 17.3. The predicted octanol–water partition coefficient (Wildman–Crippen LogP) is 3.68. The summed E-state index contributed by atoms with van der Waals surface area (Å²) in [5, 5.41) is 5.08. The zero-order chi connectivity index (χ0) is 16.8. The van der Waals surface area contributed by atoms with Gasteiger partial charge < -0.3 is 10.1 Å². The predicted molar refractivity (Wildman–Crippen MR) is 98.4 cm³/mol. The van der Waals surface area contributed by atoms with Gasteiger partial charge in [-0.05, 0) is 48.9 Å². The molecule has 0 saturated carbocycles. The number of hydrogen-bond donors (Lipinski definition) is 1. The fraction of sp³-hybridized carbons (Fsp3) is 0.421. The lowest BCUT2D eigenvalue weighted by atomic mass is 10.2. The maximum Gasteiger partial charge on any atom is 0.238 e. The average molecular weight is 344 g/mol. The molecule has 24 heavy (non-hydrogen) atoms. The van der Waals surface area contributed by atoms with Gasteiger partial charge in [0.15, 0.2) is 0 Å². The van der Waals surface area contributed by atoms with Gasteiger partial charge >= 0.3 is 0 Å². The van der Waals surface area contributed by atoms with Crippen molar-refractivity contribution in [1.82, 2.24) is 4.90 Å². The minimum atomic E-state index is 0.0233. The van der Waals surface area contributed by atoms with E-state index in [1.54, 1.807) is 11.3 Å². The van der Waals surface area contributed by atoms with Crippen LogP contribution in [-0.2, 0) is 16.1 Å². The number of aryl methyl sites for hydroxylation is 1. The van der Waals surface area contributed by atoms with Gasteiger partial charge in [-0.25, -0.2) is 0 Å². The van der Waals surface area contributed by atoms with Crippen LogP contribution >= 0.6 is 11.3 Å². The van der Waals surface area contributed by atoms with E-state index in [1.165, 1.54) is 4.88 Å². The second-order valence-electron chi connectivity index (χ2n) is 6.30. The minimum absolute atomic E-state index is 0.0233. The molecular formula is C19H24N2O2S. The highest BCUT2D eigenvalue weighted by atomic mass is 32.1. The highest BCUT2D eigenvalue weighted by Crippen LogP contribution is 2.17. The topological polar surface area (TPSA) is 41.6 Å². The largest absolute Gasteiger partial charge is 0.377 e. The molecule has 4 nitrogen and oxygen atoms in total. The fourth-order valence-corrected chi connectivity index (χ4v) is 3.76. The summed E-state index contributed by atoms with van der Waals surface area (Å²) in [6.45, 7) is 4.84. The van der Waals surface area contributed by atoms with Gasteiger partial charge in [0.2, 0.25) is 5.91 Å². The minimum Gasteiger partial charge on any atom is -0.377 e. The first-order valence-corrected chi connectivity index (χ1v) is 9.30. The summed E-state index contributed by atoms with van der Waals surface area (Å²) in [6.07, 6.45) is 2.45. The van der Waals surface area contributed by atoms with E-state index in [4.69, 9.17) is 4.74 Å². The maximum atomic E-state index is 12.4. The molecule has 1 fully saturated rings. The monoisotopic (exact) mass is 344 g/mol. The van der Waals surface area contributed by atoms with Gasteiger partial charge in [-0.1, -0.05) is 18.2 Å². The van der Waals surface area contributed by atoms with Gasteiger partial charge in [-0.15, -0.1) is 11.3 Å². The molecule has 2 aromatic rings. The van der Waals surface area contributed by atoms with Crippen molar-refractivity contribution in [3.63, 3.8) is 0 Å². The van der Waals surface area contributed by atoms with Crippen molar-refractivity contribution in [2.45, 2.75) is 32.4 Å². The van der Waals surface area contributed by atoms with Crippen molar-refractivity contribution in [3.8, 4) is 0 Å². The molecule has 1 aliphatic rings. The van der Waals surface area contributed by atoms with Crippen LogP contribution in [-0.4, -0.2) is 36.6 Å². The number of carbonyl (C=O) groups excluding carboxylic acids is 1. The Hall–Kier alpha value is -1.69. The molecule has 128 valence electrons. The molecule has 1 aliphatic heterocycles. The zero-order valence-electron chi connectivity index (χ0n) is 14.0. The Labute approximate surface area is 147 Å². The van der Waals surface area contributed by atoms with E-state index in [1.807, 2.05) is 31.2 Å². The molecule has 1 amide bonds. The lowest BCUT2D eigenvalue weighted by Gasteiger charge is -2.24. The second-order valence-corrected chi connectivity index (χ2v) is 7.33. The van der Waals surface area contributed by atoms with Crippen molar-refractivity contribution in [3.05, 3.63) is 52.2 Å². The van der Waals surface area contributed by atoms with E-state index in [9.17, 15) is 4.79 Å². The lowest BCUT2D eigenvalue weighted by Crippen LogP contribution is -2.37. The summed E-state index contributed by atoms with van der Waals surface area (Å²) in [5.74, 6) is 0.0233. The number of thiophene rings is 1. The first-order valence-electron chi connectivity index (χ1n) is 8.42. The molecule has 0 aliphatic carbocycles. The van der Waals surface area contributed by atoms with Gasteiger partial charge in [0.05, 0.1) is 12.6 Å². The van der Waals surface area contributed by atoms with Gasteiger partial charge in [0.1, 0.15) is 0 Å². The fourth-order valence-electron chi connectivity index (χ4n) is 3.01. The molecular weight excluding hydrogens is 320 g/mol. The van der Waals surface area contributed by atoms with E-state index in [-0.39, 0.29) is 12.0 Å². The van der Waals surface area contributed by atoms with Crippen molar-refractivity contribution in [2.24, 2.45) is 0 Å². The summed E-state index contributed by atoms with van der Waals surface area (Å²) in [4.78, 5) is 15.9. The van der Waals surface area contributed by atoms with E-state index < -0.39 is 0 Å². The third kappa shape index (κ3) is 5.16. The van der Waals surface area contributed by atoms with Crippen molar-refractivity contribution >= 4 is 22.9 Å². The number of carbonyl (C=O) groups is 1. The van der Waals surface area contributed by atoms with Gasteiger partial charge in [-0.2, -0.15) is 0 Å². The molecule has 1 aromatic carbocycles. The number of amides is 1. The molecule has 0 radical (unpaired) electrons. The SMILES string of the molecule is Cc1cccc(NC(=O)CN(Cc2cccs2)C[C@@H]2CCCO2)c1. The standard InChI is InChI=1S/C19H24N2O2S/c1-15-5-2-6-16(11-15)20-19(22)14-21(12-17-7-3-9-23-17)13-18-8-4-10-24-18/h2,4-6,8,10-11,17H,3,7,9,12-14H2,1H3,(H,20,22)/t17-/m0/s1. The van der Waals surface area contributed by atoms with E-state index in [0.29, 0.717) is 6.54 Å². The third-order valence-corrected chi connectivity index (χ3v) is 4.98. The van der Waals surface area contributed by atoms with E-state index >= 15 is 0 Å². The molecule has 1 aromatic heterocycles. The maximum absolute atomic E-state index is 12.4. The van der Waals surface area contributed by atoms with Gasteiger partial charge in [0.25, 0.3) is 0 Å². The number of rotatable bonds is 7. The van der Waals surface area contributed by atoms with Crippen LogP contribution in [0.2, 0.25) is 0 Å². The van der Waals surface area contributed by atoms with Crippen LogP contribution in [0.15, 0.2) is 41.8 Å². The van der Waals surface area contributed by atoms with Crippen molar-refractivity contribution < 1.29 is 9.53 Å². The number of nitrogens with zero attached hydrogens (tertiary/aromatic N) is 1. The van der Waals surface area contributed by atoms with E-state index in [0.717, 1.165) is 43.8 Å². The summed E-state index contributed by atoms with van der Waals surface area (Å²) in [5.41, 5.74) is 2.00. The highest BCUT2D eigenvalue weighted by Gasteiger charge is 2.21. The molecule has 5 heteroatoms. The molecule has 1 N–H and O–H groups in total. The first kappa shape index (κ1) is 17.1. The molecule has 1 atom stereocenters. The molecule has 3 rings (SSSR count). The van der Waals surface area contributed by atoms with Crippen molar-refractivity contribution in [2.75, 3.05) is 25.0 Å². The average Bonchev–Trinajstić information content (AvgIpc) is 3.21. The van der Waals surface area contributed by atoms with Crippen LogP contribution in [0.1, 0.15) is 23.3 Å². The highest BCUT2D eigenvalue weighted by molar-refractivity contribution is 7.09. The first-order chi connectivity index (χ1) is 11.7. The Balaban J connectivity index is 1.60. The number of ether oxygens (including phenoxy) is 1. The number of anilines is 1. The lowest BCUT2D eigenvalue weighted by molar-refractivity contribution is -0.117. The molecule has 0 spiro atoms. The quantitative estimate of drug-likeness (QED) is 0.833. The molecule has 0 unspecified atom stereocenters. The second kappa shape index (κ2) is 8.42. The summed E-state index contributed by atoms with van der Waals surface area (Å²) >= 11 is 1.73. The van der Waals surface area contributed by atoms with Gasteiger partial charge in [-0.3, -0.25) is 9.69 Å². The summed E-state index contributed by atoms with van der Waals surface area (Å²) < 4.78 is 5.75. The van der Waals surface area contributed by atoms with Crippen LogP contribution in [0.3, 0.4) is 0 Å².